The van der Waals surface area contributed by atoms with Gasteiger partial charge in [-0.1, -0.05) is 11.6 Å². The Bertz CT molecular complexity index is 812. The summed E-state index contributed by atoms with van der Waals surface area (Å²) in [5.74, 6) is -0.286. The largest absolute Gasteiger partial charge is 0.396 e. The first-order valence-corrected chi connectivity index (χ1v) is 9.79. The molecule has 0 aliphatic heterocycles. The van der Waals surface area contributed by atoms with Gasteiger partial charge in [0.25, 0.3) is 0 Å². The van der Waals surface area contributed by atoms with Crippen LogP contribution in [0, 0.1) is 0 Å². The fraction of sp³-hybridized carbons (Fsp3) is 0.400. The molecule has 0 heterocycles. The van der Waals surface area contributed by atoms with Crippen LogP contribution < -0.4 is 11.1 Å². The molecule has 0 spiro atoms. The second-order valence-corrected chi connectivity index (χ2v) is 7.30. The van der Waals surface area contributed by atoms with E-state index in [0.717, 1.165) is 5.69 Å². The van der Waals surface area contributed by atoms with Crippen molar-refractivity contribution in [3.63, 3.8) is 0 Å². The fourth-order valence-electron chi connectivity index (χ4n) is 2.96. The third-order valence-corrected chi connectivity index (χ3v) is 5.03. The lowest BCUT2D eigenvalue weighted by Gasteiger charge is -2.28. The van der Waals surface area contributed by atoms with Crippen LogP contribution in [0.2, 0.25) is 0 Å². The molecule has 0 aromatic heterocycles. The summed E-state index contributed by atoms with van der Waals surface area (Å²) in [5, 5.41) is 31.6. The Morgan fingerprint density at radius 1 is 1.14 bits per heavy atom. The van der Waals surface area contributed by atoms with Crippen LogP contribution in [0.3, 0.4) is 0 Å². The SMILES string of the molecule is CC1=CC(=Nc2ccc(NCCC[N+](O)(CCO)CCO)cc2)C(N)=C(Cl)C1=O. The smallest absolute Gasteiger partial charge is 0.202 e. The van der Waals surface area contributed by atoms with Gasteiger partial charge in [-0.2, -0.15) is 4.65 Å². The third kappa shape index (κ3) is 6.38. The molecule has 8 nitrogen and oxygen atoms in total. The first-order valence-electron chi connectivity index (χ1n) is 9.41. The van der Waals surface area contributed by atoms with Gasteiger partial charge in [0.05, 0.1) is 30.3 Å². The highest BCUT2D eigenvalue weighted by Crippen LogP contribution is 2.23. The number of nitrogens with two attached hydrogens (primary N) is 1. The fourth-order valence-corrected chi connectivity index (χ4v) is 3.20. The summed E-state index contributed by atoms with van der Waals surface area (Å²) in [6, 6.07) is 7.38. The van der Waals surface area contributed by atoms with E-state index in [-0.39, 0.29) is 47.5 Å². The number of aliphatic hydroxyl groups excluding tert-OH is 2. The zero-order valence-electron chi connectivity index (χ0n) is 16.4. The lowest BCUT2D eigenvalue weighted by Crippen LogP contribution is -2.49. The second-order valence-electron chi connectivity index (χ2n) is 6.92. The third-order valence-electron chi connectivity index (χ3n) is 4.65. The van der Waals surface area contributed by atoms with Crippen molar-refractivity contribution in [3.05, 3.63) is 46.6 Å². The van der Waals surface area contributed by atoms with Gasteiger partial charge in [-0.3, -0.25) is 4.79 Å². The normalized spacial score (nSPS) is 16.4. The van der Waals surface area contributed by atoms with Gasteiger partial charge >= 0.3 is 0 Å². The number of Topliss-reactive ketones (excluding diaryl/α,β-unsaturated/α-hetero) is 1. The van der Waals surface area contributed by atoms with E-state index in [0.29, 0.717) is 36.5 Å². The molecule has 1 aromatic carbocycles. The maximum atomic E-state index is 11.8. The van der Waals surface area contributed by atoms with Gasteiger partial charge in [-0.25, -0.2) is 10.2 Å². The Morgan fingerprint density at radius 2 is 1.76 bits per heavy atom. The van der Waals surface area contributed by atoms with Crippen molar-refractivity contribution in [3.8, 4) is 0 Å². The van der Waals surface area contributed by atoms with Gasteiger partial charge in [0.2, 0.25) is 5.78 Å². The van der Waals surface area contributed by atoms with Gasteiger partial charge in [0.15, 0.2) is 0 Å². The molecule has 0 saturated carbocycles. The van der Waals surface area contributed by atoms with Crippen LogP contribution in [0.25, 0.3) is 0 Å². The zero-order valence-corrected chi connectivity index (χ0v) is 17.2. The molecule has 6 N–H and O–H groups in total. The summed E-state index contributed by atoms with van der Waals surface area (Å²) in [7, 11) is 0. The van der Waals surface area contributed by atoms with Crippen molar-refractivity contribution in [2.75, 3.05) is 44.7 Å². The predicted octanol–water partition coefficient (Wildman–Crippen LogP) is 1.69. The highest BCUT2D eigenvalue weighted by atomic mass is 35.5. The molecule has 0 radical (unpaired) electrons. The first-order chi connectivity index (χ1) is 13.8. The number of rotatable bonds is 10. The van der Waals surface area contributed by atoms with Crippen LogP contribution >= 0.6 is 11.6 Å². The number of benzene rings is 1. The number of nitrogens with one attached hydrogen (secondary N) is 1. The average molecular weight is 424 g/mol. The molecule has 29 heavy (non-hydrogen) atoms. The Labute approximate surface area is 175 Å². The minimum atomic E-state index is -0.349. The molecule has 0 atom stereocenters. The number of nitrogens with zero attached hydrogens (tertiary/aromatic N) is 2. The molecule has 0 saturated heterocycles. The van der Waals surface area contributed by atoms with Gasteiger partial charge in [-0.05, 0) is 37.3 Å². The standard InChI is InChI=1S/C20H27ClN4O4/c1-14-13-17(19(22)18(21)20(14)28)24-16-5-3-15(4-6-16)23-7-2-8-25(29,9-11-26)10-12-27/h3-6,13,26-27,29H,2,7-12H2,1H3,(H2-,22,23,28)/p+1. The van der Waals surface area contributed by atoms with E-state index in [2.05, 4.69) is 10.3 Å². The number of anilines is 1. The lowest BCUT2D eigenvalue weighted by atomic mass is 10.0. The van der Waals surface area contributed by atoms with E-state index in [9.17, 15) is 10.0 Å². The summed E-state index contributed by atoms with van der Waals surface area (Å²) in [6.07, 6.45) is 2.28. The van der Waals surface area contributed by atoms with Gasteiger partial charge in [0.1, 0.15) is 24.7 Å². The van der Waals surface area contributed by atoms with Crippen molar-refractivity contribution < 1.29 is 24.9 Å². The molecule has 158 valence electrons. The van der Waals surface area contributed by atoms with E-state index in [1.54, 1.807) is 13.0 Å². The number of halogens is 1. The maximum Gasteiger partial charge on any atom is 0.202 e. The second kappa shape index (κ2) is 10.5. The molecule has 0 unspecified atom stereocenters. The van der Waals surface area contributed by atoms with Crippen molar-refractivity contribution in [2.45, 2.75) is 13.3 Å². The maximum absolute atomic E-state index is 11.8. The summed E-state index contributed by atoms with van der Waals surface area (Å²) in [6.45, 7) is 2.83. The first kappa shape index (κ1) is 23.1. The van der Waals surface area contributed by atoms with Crippen LogP contribution in [-0.4, -0.2) is 71.0 Å². The number of hydrogen-bond acceptors (Lipinski definition) is 7. The monoisotopic (exact) mass is 423 g/mol. The molecule has 1 aromatic rings. The average Bonchev–Trinajstić information content (AvgIpc) is 2.69. The number of aliphatic hydroxyl groups is 2. The zero-order chi connectivity index (χ0) is 21.4. The summed E-state index contributed by atoms with van der Waals surface area (Å²) >= 11 is 5.97. The number of aliphatic imine (C=N–C) groups is 1. The Hall–Kier alpha value is -2.23. The lowest BCUT2D eigenvalue weighted by molar-refractivity contribution is -1.10. The quantitative estimate of drug-likeness (QED) is 0.168. The number of allylic oxidation sites excluding steroid dienone is 3. The predicted molar refractivity (Wildman–Crippen MR) is 113 cm³/mol. The minimum Gasteiger partial charge on any atom is -0.396 e. The van der Waals surface area contributed by atoms with Gasteiger partial charge < -0.3 is 21.3 Å². The molecule has 0 amide bonds. The molecule has 2 rings (SSSR count). The molecule has 1 aliphatic rings. The van der Waals surface area contributed by atoms with Crippen molar-refractivity contribution in [1.29, 1.82) is 0 Å². The number of carbonyl (C=O) groups excluding carboxylic acids is 1. The van der Waals surface area contributed by atoms with Crippen LogP contribution in [0.5, 0.6) is 0 Å². The van der Waals surface area contributed by atoms with E-state index >= 15 is 0 Å². The number of carbonyl (C=O) groups is 1. The molecular weight excluding hydrogens is 396 g/mol. The van der Waals surface area contributed by atoms with Crippen molar-refractivity contribution in [1.82, 2.24) is 0 Å². The summed E-state index contributed by atoms with van der Waals surface area (Å²) in [4.78, 5) is 16.3. The Kier molecular flexibility index (Phi) is 8.36. The van der Waals surface area contributed by atoms with Crippen LogP contribution in [0.15, 0.2) is 51.6 Å². The number of ketones is 1. The Balaban J connectivity index is 1.93. The molecule has 0 fully saturated rings. The minimum absolute atomic E-state index is 0.0113. The van der Waals surface area contributed by atoms with Gasteiger partial charge in [-0.15, -0.1) is 0 Å². The molecule has 9 heteroatoms. The summed E-state index contributed by atoms with van der Waals surface area (Å²) < 4.78 is -0.349. The van der Waals surface area contributed by atoms with E-state index in [1.165, 1.54) is 0 Å². The van der Waals surface area contributed by atoms with Crippen LogP contribution in [0.4, 0.5) is 11.4 Å². The number of hydrogen-bond donors (Lipinski definition) is 5. The Morgan fingerprint density at radius 3 is 2.34 bits per heavy atom. The van der Waals surface area contributed by atoms with Gasteiger partial charge in [0, 0.05) is 24.2 Å². The van der Waals surface area contributed by atoms with E-state index < -0.39 is 0 Å². The number of hydroxylamine groups is 3. The summed E-state index contributed by atoms with van der Waals surface area (Å²) in [5.41, 5.74) is 8.57. The molecular formula is C20H28ClN4O4+. The molecule has 1 aliphatic carbocycles. The van der Waals surface area contributed by atoms with Crippen LogP contribution in [-0.2, 0) is 4.79 Å². The van der Waals surface area contributed by atoms with Crippen LogP contribution in [0.1, 0.15) is 13.3 Å². The topological polar surface area (TPSA) is 128 Å². The van der Waals surface area contributed by atoms with Crippen molar-refractivity contribution >= 4 is 34.5 Å². The highest BCUT2D eigenvalue weighted by Gasteiger charge is 2.23. The number of quaternary nitrogens is 1. The van der Waals surface area contributed by atoms with Crippen molar-refractivity contribution in [2.24, 2.45) is 10.7 Å². The van der Waals surface area contributed by atoms with E-state index in [4.69, 9.17) is 27.5 Å². The highest BCUT2D eigenvalue weighted by molar-refractivity contribution is 6.49. The molecule has 0 bridgehead atoms. The van der Waals surface area contributed by atoms with E-state index in [1.807, 2.05) is 24.3 Å².